The van der Waals surface area contributed by atoms with Crippen LogP contribution in [0.5, 0.6) is 5.75 Å². The number of hydrogen-bond donors (Lipinski definition) is 1. The smallest absolute Gasteiger partial charge is 0.407 e. The SMILES string of the molecule is CCc1cc(=O)oc2cc(OC(=O)CCCNC(=O)OC(C)(C)C)ccc12. The first kappa shape index (κ1) is 20.5. The highest BCUT2D eigenvalue weighted by molar-refractivity contribution is 5.82. The standard InChI is InChI=1S/C20H25NO6/c1-5-13-11-18(23)26-16-12-14(8-9-15(13)16)25-17(22)7-6-10-21-19(24)27-20(2,3)4/h8-9,11-12H,5-7,10H2,1-4H3,(H,21,24). The van der Waals surface area contributed by atoms with Crippen molar-refractivity contribution in [3.63, 3.8) is 0 Å². The van der Waals surface area contributed by atoms with Crippen LogP contribution in [0, 0.1) is 0 Å². The van der Waals surface area contributed by atoms with Crippen LogP contribution in [0.1, 0.15) is 46.1 Å². The summed E-state index contributed by atoms with van der Waals surface area (Å²) in [6.45, 7) is 7.58. The minimum Gasteiger partial charge on any atom is -0.444 e. The molecular weight excluding hydrogens is 350 g/mol. The first-order chi connectivity index (χ1) is 12.7. The molecule has 0 atom stereocenters. The predicted molar refractivity (Wildman–Crippen MR) is 101 cm³/mol. The van der Waals surface area contributed by atoms with Crippen molar-refractivity contribution in [3.05, 3.63) is 40.2 Å². The Morgan fingerprint density at radius 2 is 1.93 bits per heavy atom. The number of esters is 1. The number of carbonyl (C=O) groups excluding carboxylic acids is 2. The molecule has 2 aromatic rings. The lowest BCUT2D eigenvalue weighted by molar-refractivity contribution is -0.134. The molecule has 0 saturated heterocycles. The third-order valence-corrected chi connectivity index (χ3v) is 3.64. The molecule has 0 radical (unpaired) electrons. The van der Waals surface area contributed by atoms with Crippen molar-refractivity contribution in [1.29, 1.82) is 0 Å². The van der Waals surface area contributed by atoms with Crippen molar-refractivity contribution in [2.45, 2.75) is 52.6 Å². The van der Waals surface area contributed by atoms with Gasteiger partial charge in [-0.15, -0.1) is 0 Å². The predicted octanol–water partition coefficient (Wildman–Crippen LogP) is 3.57. The van der Waals surface area contributed by atoms with Gasteiger partial charge in [0.1, 0.15) is 16.9 Å². The zero-order chi connectivity index (χ0) is 20.0. The molecule has 146 valence electrons. The van der Waals surface area contributed by atoms with E-state index in [1.165, 1.54) is 12.1 Å². The van der Waals surface area contributed by atoms with Gasteiger partial charge in [-0.3, -0.25) is 4.79 Å². The molecule has 27 heavy (non-hydrogen) atoms. The third-order valence-electron chi connectivity index (χ3n) is 3.64. The van der Waals surface area contributed by atoms with Crippen LogP contribution >= 0.6 is 0 Å². The Balaban J connectivity index is 1.87. The van der Waals surface area contributed by atoms with E-state index in [-0.39, 0.29) is 6.42 Å². The van der Waals surface area contributed by atoms with E-state index in [9.17, 15) is 14.4 Å². The average Bonchev–Trinajstić information content (AvgIpc) is 2.56. The van der Waals surface area contributed by atoms with Gasteiger partial charge in [0, 0.05) is 30.5 Å². The number of carbonyl (C=O) groups is 2. The molecule has 0 saturated carbocycles. The molecule has 7 nitrogen and oxygen atoms in total. The van der Waals surface area contributed by atoms with E-state index in [2.05, 4.69) is 5.32 Å². The number of aryl methyl sites for hydroxylation is 1. The van der Waals surface area contributed by atoms with Crippen LogP contribution in [-0.4, -0.2) is 24.2 Å². The summed E-state index contributed by atoms with van der Waals surface area (Å²) in [4.78, 5) is 35.1. The number of nitrogens with one attached hydrogen (secondary N) is 1. The maximum Gasteiger partial charge on any atom is 0.407 e. The Kier molecular flexibility index (Phi) is 6.60. The van der Waals surface area contributed by atoms with Gasteiger partial charge >= 0.3 is 17.7 Å². The first-order valence-electron chi connectivity index (χ1n) is 8.92. The van der Waals surface area contributed by atoms with Gasteiger partial charge in [0.05, 0.1) is 0 Å². The minimum absolute atomic E-state index is 0.132. The van der Waals surface area contributed by atoms with Crippen LogP contribution in [0.15, 0.2) is 33.5 Å². The lowest BCUT2D eigenvalue weighted by Crippen LogP contribution is -2.33. The molecule has 0 bridgehead atoms. The van der Waals surface area contributed by atoms with E-state index in [0.29, 0.717) is 30.7 Å². The van der Waals surface area contributed by atoms with Crippen LogP contribution in [0.2, 0.25) is 0 Å². The molecule has 1 amide bonds. The summed E-state index contributed by atoms with van der Waals surface area (Å²) < 4.78 is 15.6. The third kappa shape index (κ3) is 6.44. The van der Waals surface area contributed by atoms with E-state index >= 15 is 0 Å². The molecule has 0 unspecified atom stereocenters. The monoisotopic (exact) mass is 375 g/mol. The van der Waals surface area contributed by atoms with E-state index < -0.39 is 23.3 Å². The fourth-order valence-electron chi connectivity index (χ4n) is 2.49. The number of benzene rings is 1. The van der Waals surface area contributed by atoms with Crippen LogP contribution < -0.4 is 15.7 Å². The summed E-state index contributed by atoms with van der Waals surface area (Å²) in [6.07, 6.45) is 0.728. The average molecular weight is 375 g/mol. The maximum atomic E-state index is 12.0. The summed E-state index contributed by atoms with van der Waals surface area (Å²) in [6, 6.07) is 6.43. The second-order valence-electron chi connectivity index (χ2n) is 7.11. The highest BCUT2D eigenvalue weighted by Crippen LogP contribution is 2.23. The second kappa shape index (κ2) is 8.70. The Morgan fingerprint density at radius 1 is 1.19 bits per heavy atom. The van der Waals surface area contributed by atoms with Crippen LogP contribution in [-0.2, 0) is 16.0 Å². The van der Waals surface area contributed by atoms with Crippen LogP contribution in [0.4, 0.5) is 4.79 Å². The second-order valence-corrected chi connectivity index (χ2v) is 7.11. The highest BCUT2D eigenvalue weighted by Gasteiger charge is 2.15. The number of rotatable bonds is 6. The van der Waals surface area contributed by atoms with Crippen LogP contribution in [0.25, 0.3) is 11.0 Å². The molecule has 0 fully saturated rings. The molecule has 0 aliphatic heterocycles. The lowest BCUT2D eigenvalue weighted by Gasteiger charge is -2.19. The summed E-state index contributed by atoms with van der Waals surface area (Å²) in [7, 11) is 0. The van der Waals surface area contributed by atoms with E-state index in [4.69, 9.17) is 13.9 Å². The van der Waals surface area contributed by atoms with Gasteiger partial charge in [-0.1, -0.05) is 6.92 Å². The molecule has 1 heterocycles. The summed E-state index contributed by atoms with van der Waals surface area (Å²) >= 11 is 0. The van der Waals surface area contributed by atoms with Crippen molar-refractivity contribution in [2.24, 2.45) is 0 Å². The molecule has 1 N–H and O–H groups in total. The summed E-state index contributed by atoms with van der Waals surface area (Å²) in [5.74, 6) is -0.127. The van der Waals surface area contributed by atoms with Crippen molar-refractivity contribution in [1.82, 2.24) is 5.32 Å². The zero-order valence-corrected chi connectivity index (χ0v) is 16.1. The molecule has 1 aromatic carbocycles. The van der Waals surface area contributed by atoms with Crippen molar-refractivity contribution >= 4 is 23.0 Å². The molecule has 1 aromatic heterocycles. The van der Waals surface area contributed by atoms with Gasteiger partial charge in [0.2, 0.25) is 0 Å². The topological polar surface area (TPSA) is 94.8 Å². The van der Waals surface area contributed by atoms with E-state index in [0.717, 1.165) is 10.9 Å². The fourth-order valence-corrected chi connectivity index (χ4v) is 2.49. The normalized spacial score (nSPS) is 11.3. The van der Waals surface area contributed by atoms with E-state index in [1.54, 1.807) is 32.9 Å². The van der Waals surface area contributed by atoms with Gasteiger partial charge < -0.3 is 19.2 Å². The Morgan fingerprint density at radius 3 is 2.59 bits per heavy atom. The Labute approximate surface area is 157 Å². The molecule has 0 spiro atoms. The number of ether oxygens (including phenoxy) is 2. The van der Waals surface area contributed by atoms with Crippen molar-refractivity contribution in [3.8, 4) is 5.75 Å². The lowest BCUT2D eigenvalue weighted by atomic mass is 10.1. The van der Waals surface area contributed by atoms with Gasteiger partial charge in [0.15, 0.2) is 0 Å². The van der Waals surface area contributed by atoms with Crippen molar-refractivity contribution in [2.75, 3.05) is 6.54 Å². The van der Waals surface area contributed by atoms with Crippen molar-refractivity contribution < 1.29 is 23.5 Å². The van der Waals surface area contributed by atoms with Gasteiger partial charge in [-0.05, 0) is 51.3 Å². The summed E-state index contributed by atoms with van der Waals surface area (Å²) in [5, 5.41) is 3.40. The number of alkyl carbamates (subject to hydrolysis) is 1. The molecular formula is C20H25NO6. The van der Waals surface area contributed by atoms with Gasteiger partial charge in [0.25, 0.3) is 0 Å². The number of amides is 1. The Hall–Kier alpha value is -2.83. The summed E-state index contributed by atoms with van der Waals surface area (Å²) in [5.41, 5.74) is 0.269. The molecule has 7 heteroatoms. The maximum absolute atomic E-state index is 12.0. The van der Waals surface area contributed by atoms with Crippen LogP contribution in [0.3, 0.4) is 0 Å². The number of hydrogen-bond acceptors (Lipinski definition) is 6. The molecule has 0 aliphatic rings. The highest BCUT2D eigenvalue weighted by atomic mass is 16.6. The number of fused-ring (bicyclic) bond motifs is 1. The quantitative estimate of drug-likeness (QED) is 0.359. The first-order valence-corrected chi connectivity index (χ1v) is 8.92. The van der Waals surface area contributed by atoms with Gasteiger partial charge in [-0.2, -0.15) is 0 Å². The molecule has 2 rings (SSSR count). The zero-order valence-electron chi connectivity index (χ0n) is 16.1. The minimum atomic E-state index is -0.564. The molecule has 0 aliphatic carbocycles. The fraction of sp³-hybridized carbons (Fsp3) is 0.450. The Bertz CT molecular complexity index is 878. The largest absolute Gasteiger partial charge is 0.444 e. The van der Waals surface area contributed by atoms with Gasteiger partial charge in [-0.25, -0.2) is 9.59 Å². The van der Waals surface area contributed by atoms with E-state index in [1.807, 2.05) is 6.92 Å².